The zero-order valence-corrected chi connectivity index (χ0v) is 12.2. The third-order valence-corrected chi connectivity index (χ3v) is 3.59. The number of likely N-dealkylation sites (N-methyl/N-ethyl adjacent to an activating group) is 1. The second-order valence-electron chi connectivity index (χ2n) is 4.05. The molecule has 0 aliphatic carbocycles. The van der Waals surface area contributed by atoms with Crippen LogP contribution in [0.25, 0.3) is 0 Å². The monoisotopic (exact) mass is 284 g/mol. The molecule has 1 N–H and O–H groups in total. The Kier molecular flexibility index (Phi) is 7.14. The van der Waals surface area contributed by atoms with Crippen LogP contribution in [0.4, 0.5) is 0 Å². The summed E-state index contributed by atoms with van der Waals surface area (Å²) in [4.78, 5) is 25.9. The summed E-state index contributed by atoms with van der Waals surface area (Å²) in [6, 6.07) is 3.95. The molecule has 0 spiro atoms. The predicted octanol–water partition coefficient (Wildman–Crippen LogP) is 1.25. The lowest BCUT2D eigenvalue weighted by Crippen LogP contribution is -2.37. The van der Waals surface area contributed by atoms with E-state index in [0.717, 1.165) is 11.4 Å². The van der Waals surface area contributed by atoms with Gasteiger partial charge in [0.2, 0.25) is 5.91 Å². The molecule has 0 fully saturated rings. The molecule has 0 saturated heterocycles. The third kappa shape index (κ3) is 6.35. The number of nitrogens with one attached hydrogen (secondary N) is 1. The van der Waals surface area contributed by atoms with Gasteiger partial charge in [-0.2, -0.15) is 0 Å². The van der Waals surface area contributed by atoms with Gasteiger partial charge in [0, 0.05) is 11.4 Å². The van der Waals surface area contributed by atoms with Crippen LogP contribution < -0.4 is 5.32 Å². The van der Waals surface area contributed by atoms with Crippen molar-refractivity contribution in [2.24, 2.45) is 0 Å². The highest BCUT2D eigenvalue weighted by atomic mass is 32.1. The normalized spacial score (nSPS) is 10.5. The van der Waals surface area contributed by atoms with Crippen molar-refractivity contribution in [3.63, 3.8) is 0 Å². The van der Waals surface area contributed by atoms with Crippen LogP contribution in [0.2, 0.25) is 0 Å². The SMILES string of the molecule is CCN(CCC(=O)OC)CC(=O)NCc1cccs1. The van der Waals surface area contributed by atoms with E-state index in [2.05, 4.69) is 10.1 Å². The van der Waals surface area contributed by atoms with Gasteiger partial charge in [-0.05, 0) is 18.0 Å². The van der Waals surface area contributed by atoms with E-state index >= 15 is 0 Å². The first kappa shape index (κ1) is 15.7. The van der Waals surface area contributed by atoms with Gasteiger partial charge in [-0.1, -0.05) is 13.0 Å². The average Bonchev–Trinajstić information content (AvgIpc) is 2.93. The number of hydrogen-bond acceptors (Lipinski definition) is 5. The molecule has 6 heteroatoms. The summed E-state index contributed by atoms with van der Waals surface area (Å²) >= 11 is 1.62. The van der Waals surface area contributed by atoms with Gasteiger partial charge in [-0.3, -0.25) is 14.5 Å². The topological polar surface area (TPSA) is 58.6 Å². The number of ether oxygens (including phenoxy) is 1. The zero-order chi connectivity index (χ0) is 14.1. The van der Waals surface area contributed by atoms with Gasteiger partial charge in [-0.15, -0.1) is 11.3 Å². The van der Waals surface area contributed by atoms with E-state index in [4.69, 9.17) is 0 Å². The summed E-state index contributed by atoms with van der Waals surface area (Å²) in [7, 11) is 1.37. The summed E-state index contributed by atoms with van der Waals surface area (Å²) in [5.41, 5.74) is 0. The molecule has 0 aliphatic heterocycles. The molecule has 1 aromatic heterocycles. The summed E-state index contributed by atoms with van der Waals surface area (Å²) in [6.45, 7) is 4.09. The lowest BCUT2D eigenvalue weighted by molar-refractivity contribution is -0.141. The molecule has 0 radical (unpaired) electrons. The molecule has 0 saturated carbocycles. The largest absolute Gasteiger partial charge is 0.469 e. The molecule has 1 amide bonds. The van der Waals surface area contributed by atoms with Gasteiger partial charge in [0.25, 0.3) is 0 Å². The smallest absolute Gasteiger partial charge is 0.306 e. The zero-order valence-electron chi connectivity index (χ0n) is 11.3. The standard InChI is InChI=1S/C13H20N2O3S/c1-3-15(7-6-13(17)18-2)10-12(16)14-9-11-5-4-8-19-11/h4-5,8H,3,6-7,9-10H2,1-2H3,(H,14,16). The molecule has 0 aromatic carbocycles. The van der Waals surface area contributed by atoms with Crippen LogP contribution in [0, 0.1) is 0 Å². The Morgan fingerprint density at radius 1 is 1.47 bits per heavy atom. The van der Waals surface area contributed by atoms with Crippen LogP contribution in [0.3, 0.4) is 0 Å². The number of amides is 1. The van der Waals surface area contributed by atoms with Gasteiger partial charge in [0.1, 0.15) is 0 Å². The van der Waals surface area contributed by atoms with E-state index in [0.29, 0.717) is 26.1 Å². The van der Waals surface area contributed by atoms with E-state index in [1.807, 2.05) is 29.3 Å². The number of nitrogens with zero attached hydrogens (tertiary/aromatic N) is 1. The lowest BCUT2D eigenvalue weighted by Gasteiger charge is -2.18. The number of methoxy groups -OCH3 is 1. The number of carbonyl (C=O) groups excluding carboxylic acids is 2. The van der Waals surface area contributed by atoms with Gasteiger partial charge in [0.15, 0.2) is 0 Å². The minimum absolute atomic E-state index is 0.0277. The maximum atomic E-state index is 11.8. The Bertz CT molecular complexity index is 393. The number of thiophene rings is 1. The molecular weight excluding hydrogens is 264 g/mol. The molecule has 1 heterocycles. The second kappa shape index (κ2) is 8.66. The van der Waals surface area contributed by atoms with Gasteiger partial charge in [0.05, 0.1) is 26.6 Å². The van der Waals surface area contributed by atoms with Crippen LogP contribution in [0.5, 0.6) is 0 Å². The average molecular weight is 284 g/mol. The highest BCUT2D eigenvalue weighted by Gasteiger charge is 2.11. The van der Waals surface area contributed by atoms with Crippen LogP contribution in [0.1, 0.15) is 18.2 Å². The Morgan fingerprint density at radius 2 is 2.26 bits per heavy atom. The van der Waals surface area contributed by atoms with E-state index in [1.54, 1.807) is 11.3 Å². The third-order valence-electron chi connectivity index (χ3n) is 2.71. The first-order valence-corrected chi connectivity index (χ1v) is 7.12. The molecule has 0 atom stereocenters. The summed E-state index contributed by atoms with van der Waals surface area (Å²) in [5, 5.41) is 4.85. The van der Waals surface area contributed by atoms with Crippen LogP contribution in [-0.2, 0) is 20.9 Å². The van der Waals surface area contributed by atoms with Crippen molar-refractivity contribution in [1.29, 1.82) is 0 Å². The van der Waals surface area contributed by atoms with Gasteiger partial charge < -0.3 is 10.1 Å². The number of hydrogen-bond donors (Lipinski definition) is 1. The van der Waals surface area contributed by atoms with E-state index in [9.17, 15) is 9.59 Å². The van der Waals surface area contributed by atoms with Gasteiger partial charge >= 0.3 is 5.97 Å². The highest BCUT2D eigenvalue weighted by Crippen LogP contribution is 2.07. The molecule has 1 aromatic rings. The van der Waals surface area contributed by atoms with Crippen LogP contribution in [-0.4, -0.2) is 43.5 Å². The highest BCUT2D eigenvalue weighted by molar-refractivity contribution is 7.09. The Hall–Kier alpha value is -1.40. The summed E-state index contributed by atoms with van der Waals surface area (Å²) in [5.74, 6) is -0.280. The molecule has 19 heavy (non-hydrogen) atoms. The summed E-state index contributed by atoms with van der Waals surface area (Å²) < 4.78 is 4.58. The molecule has 0 bridgehead atoms. The van der Waals surface area contributed by atoms with Crippen LogP contribution >= 0.6 is 11.3 Å². The fourth-order valence-electron chi connectivity index (χ4n) is 1.56. The molecule has 1 rings (SSSR count). The van der Waals surface area contributed by atoms with Gasteiger partial charge in [-0.25, -0.2) is 0 Å². The predicted molar refractivity (Wildman–Crippen MR) is 74.9 cm³/mol. The fourth-order valence-corrected chi connectivity index (χ4v) is 2.20. The lowest BCUT2D eigenvalue weighted by atomic mass is 10.3. The van der Waals surface area contributed by atoms with E-state index in [1.165, 1.54) is 7.11 Å². The van der Waals surface area contributed by atoms with Crippen molar-refractivity contribution in [2.75, 3.05) is 26.7 Å². The van der Waals surface area contributed by atoms with Crippen molar-refractivity contribution >= 4 is 23.2 Å². The quantitative estimate of drug-likeness (QED) is 0.730. The van der Waals surface area contributed by atoms with Crippen molar-refractivity contribution in [3.05, 3.63) is 22.4 Å². The number of esters is 1. The number of rotatable bonds is 8. The molecular formula is C13H20N2O3S. The molecule has 0 unspecified atom stereocenters. The first-order valence-electron chi connectivity index (χ1n) is 6.24. The maximum absolute atomic E-state index is 11.8. The molecule has 0 aliphatic rings. The van der Waals surface area contributed by atoms with E-state index in [-0.39, 0.29) is 11.9 Å². The Labute approximate surface area is 117 Å². The van der Waals surface area contributed by atoms with Crippen molar-refractivity contribution in [2.45, 2.75) is 19.9 Å². The Balaban J connectivity index is 2.26. The molecule has 106 valence electrons. The molecule has 5 nitrogen and oxygen atoms in total. The second-order valence-corrected chi connectivity index (χ2v) is 5.08. The first-order chi connectivity index (χ1) is 9.15. The minimum Gasteiger partial charge on any atom is -0.469 e. The van der Waals surface area contributed by atoms with Crippen molar-refractivity contribution in [3.8, 4) is 0 Å². The Morgan fingerprint density at radius 3 is 2.84 bits per heavy atom. The van der Waals surface area contributed by atoms with Crippen molar-refractivity contribution in [1.82, 2.24) is 10.2 Å². The summed E-state index contributed by atoms with van der Waals surface area (Å²) in [6.07, 6.45) is 0.308. The van der Waals surface area contributed by atoms with Crippen LogP contribution in [0.15, 0.2) is 17.5 Å². The van der Waals surface area contributed by atoms with Crippen molar-refractivity contribution < 1.29 is 14.3 Å². The van der Waals surface area contributed by atoms with E-state index < -0.39 is 0 Å². The minimum atomic E-state index is -0.252. The fraction of sp³-hybridized carbons (Fsp3) is 0.538. The number of carbonyl (C=O) groups is 2. The maximum Gasteiger partial charge on any atom is 0.306 e.